The Hall–Kier alpha value is -2.58. The number of carbonyl (C=O) groups excluding carboxylic acids is 3. The van der Waals surface area contributed by atoms with Gasteiger partial charge in [-0.1, -0.05) is 51.1 Å². The van der Waals surface area contributed by atoms with E-state index in [0.717, 1.165) is 23.6 Å². The second-order valence-electron chi connectivity index (χ2n) is 11.3. The van der Waals surface area contributed by atoms with Gasteiger partial charge in [0.25, 0.3) is 0 Å². The van der Waals surface area contributed by atoms with E-state index in [9.17, 15) is 19.5 Å². The van der Waals surface area contributed by atoms with E-state index in [1.807, 2.05) is 63.2 Å². The molecule has 3 heterocycles. The van der Waals surface area contributed by atoms with Crippen molar-refractivity contribution >= 4 is 45.9 Å². The molecule has 2 bridgehead atoms. The molecule has 7 nitrogen and oxygen atoms in total. The quantitative estimate of drug-likeness (QED) is 0.489. The molecule has 1 spiro atoms. The van der Waals surface area contributed by atoms with Crippen LogP contribution in [0, 0.1) is 17.8 Å². The molecule has 0 saturated carbocycles. The van der Waals surface area contributed by atoms with Gasteiger partial charge in [-0.2, -0.15) is 0 Å². The number of carbonyl (C=O) groups is 3. The van der Waals surface area contributed by atoms with Crippen LogP contribution in [0.15, 0.2) is 42.5 Å². The smallest absolute Gasteiger partial charge is 0.248 e. The molecule has 0 aromatic heterocycles. The topological polar surface area (TPSA) is 98.7 Å². The molecule has 2 unspecified atom stereocenters. The third-order valence-electron chi connectivity index (χ3n) is 8.63. The minimum Gasteiger partial charge on any atom is -0.394 e. The molecule has 2 aromatic carbocycles. The summed E-state index contributed by atoms with van der Waals surface area (Å²) in [6.07, 6.45) is 2.27. The zero-order valence-electron chi connectivity index (χ0n) is 22.0. The predicted octanol–water partition coefficient (Wildman–Crippen LogP) is 3.80. The van der Waals surface area contributed by atoms with Crippen LogP contribution in [0.1, 0.15) is 47.0 Å². The maximum Gasteiger partial charge on any atom is 0.248 e. The number of aliphatic hydroxyl groups is 1. The lowest BCUT2D eigenvalue weighted by molar-refractivity contribution is -0.143. The summed E-state index contributed by atoms with van der Waals surface area (Å²) in [6, 6.07) is 12.5. The number of benzene rings is 2. The molecule has 198 valence electrons. The van der Waals surface area contributed by atoms with Gasteiger partial charge in [0.15, 0.2) is 0 Å². The lowest BCUT2D eigenvalue weighted by Gasteiger charge is -2.38. The van der Waals surface area contributed by atoms with Gasteiger partial charge in [-0.05, 0) is 55.0 Å². The summed E-state index contributed by atoms with van der Waals surface area (Å²) in [4.78, 5) is 43.4. The van der Waals surface area contributed by atoms with Crippen LogP contribution in [0.4, 0.5) is 5.69 Å². The number of nitrogens with zero attached hydrogens (tertiary/aromatic N) is 1. The minimum absolute atomic E-state index is 0.0506. The number of nitrogens with one attached hydrogen (secondary N) is 2. The van der Waals surface area contributed by atoms with Crippen molar-refractivity contribution in [2.75, 3.05) is 18.5 Å². The SMILES string of the molecule is CCCNC(=O)[C@H]1[C@H]2C(=O)N([C@@H](CO)C(C)C)C(C(=O)Nc3ccc4ccccc4c3)C23CC[C@]1(C)S3. The van der Waals surface area contributed by atoms with Crippen molar-refractivity contribution in [3.05, 3.63) is 42.5 Å². The molecule has 37 heavy (non-hydrogen) atoms. The molecule has 3 saturated heterocycles. The van der Waals surface area contributed by atoms with Crippen LogP contribution in [0.2, 0.25) is 0 Å². The summed E-state index contributed by atoms with van der Waals surface area (Å²) >= 11 is 1.65. The van der Waals surface area contributed by atoms with Crippen LogP contribution < -0.4 is 10.6 Å². The summed E-state index contributed by atoms with van der Waals surface area (Å²) < 4.78 is -1.11. The van der Waals surface area contributed by atoms with Gasteiger partial charge in [0, 0.05) is 17.0 Å². The Morgan fingerprint density at radius 1 is 1.14 bits per heavy atom. The van der Waals surface area contributed by atoms with Crippen LogP contribution in [0.25, 0.3) is 10.8 Å². The number of likely N-dealkylation sites (tertiary alicyclic amines) is 1. The molecule has 3 N–H and O–H groups in total. The normalized spacial score (nSPS) is 31.1. The van der Waals surface area contributed by atoms with Crippen molar-refractivity contribution in [3.63, 3.8) is 0 Å². The number of thioether (sulfide) groups is 1. The lowest BCUT2D eigenvalue weighted by Crippen LogP contribution is -2.56. The van der Waals surface area contributed by atoms with Crippen LogP contribution >= 0.6 is 11.8 Å². The molecule has 3 aliphatic rings. The van der Waals surface area contributed by atoms with E-state index >= 15 is 0 Å². The summed E-state index contributed by atoms with van der Waals surface area (Å²) in [7, 11) is 0. The number of anilines is 1. The molecule has 3 aliphatic heterocycles. The van der Waals surface area contributed by atoms with Crippen LogP contribution in [-0.2, 0) is 14.4 Å². The molecule has 5 rings (SSSR count). The molecule has 0 aliphatic carbocycles. The van der Waals surface area contributed by atoms with Gasteiger partial charge >= 0.3 is 0 Å². The van der Waals surface area contributed by atoms with Gasteiger partial charge in [-0.25, -0.2) is 0 Å². The van der Waals surface area contributed by atoms with E-state index in [2.05, 4.69) is 17.6 Å². The molecule has 0 radical (unpaired) electrons. The number of hydrogen-bond acceptors (Lipinski definition) is 5. The minimum atomic E-state index is -0.771. The van der Waals surface area contributed by atoms with Gasteiger partial charge in [0.2, 0.25) is 17.7 Å². The number of hydrogen-bond donors (Lipinski definition) is 3. The van der Waals surface area contributed by atoms with Crippen LogP contribution in [0.5, 0.6) is 0 Å². The van der Waals surface area contributed by atoms with Crippen molar-refractivity contribution < 1.29 is 19.5 Å². The maximum atomic E-state index is 14.2. The van der Waals surface area contributed by atoms with Crippen LogP contribution in [0.3, 0.4) is 0 Å². The second kappa shape index (κ2) is 9.62. The highest BCUT2D eigenvalue weighted by Gasteiger charge is 2.77. The fourth-order valence-corrected chi connectivity index (χ4v) is 9.22. The van der Waals surface area contributed by atoms with Crippen molar-refractivity contribution in [1.29, 1.82) is 0 Å². The standard InChI is InChI=1S/C29H37N3O4S/c1-5-14-30-25(34)22-23-27(36)32(21(16-33)17(2)3)24(29(23)13-12-28(22,4)37-29)26(35)31-20-11-10-18-8-6-7-9-19(18)15-20/h6-11,15,17,21-24,33H,5,12-14,16H2,1-4H3,(H,30,34)(H,31,35)/t21-,22+,23-,24?,28-,29?/m0/s1. The summed E-state index contributed by atoms with van der Waals surface area (Å²) in [5, 5.41) is 18.6. The average Bonchev–Trinajstić information content (AvgIpc) is 3.44. The van der Waals surface area contributed by atoms with Gasteiger partial charge in [0.05, 0.1) is 29.2 Å². The first kappa shape index (κ1) is 26.0. The van der Waals surface area contributed by atoms with E-state index < -0.39 is 33.4 Å². The Kier molecular flexibility index (Phi) is 6.77. The lowest BCUT2D eigenvalue weighted by atomic mass is 9.66. The summed E-state index contributed by atoms with van der Waals surface area (Å²) in [6.45, 7) is 8.31. The Balaban J connectivity index is 1.55. The van der Waals surface area contributed by atoms with Gasteiger partial charge in [-0.3, -0.25) is 14.4 Å². The molecule has 2 aromatic rings. The first-order chi connectivity index (χ1) is 17.7. The van der Waals surface area contributed by atoms with Crippen molar-refractivity contribution in [3.8, 4) is 0 Å². The Morgan fingerprint density at radius 3 is 2.54 bits per heavy atom. The van der Waals surface area contributed by atoms with Gasteiger partial charge in [-0.15, -0.1) is 11.8 Å². The maximum absolute atomic E-state index is 14.2. The van der Waals surface area contributed by atoms with Crippen molar-refractivity contribution in [2.24, 2.45) is 17.8 Å². The van der Waals surface area contributed by atoms with E-state index in [1.54, 1.807) is 16.7 Å². The monoisotopic (exact) mass is 523 g/mol. The van der Waals surface area contributed by atoms with Gasteiger partial charge < -0.3 is 20.6 Å². The average molecular weight is 524 g/mol. The summed E-state index contributed by atoms with van der Waals surface area (Å²) in [5.41, 5.74) is 0.669. The zero-order valence-corrected chi connectivity index (χ0v) is 22.8. The molecule has 3 fully saturated rings. The molecular formula is C29H37N3O4S. The number of amides is 3. The van der Waals surface area contributed by atoms with E-state index in [-0.39, 0.29) is 30.2 Å². The largest absolute Gasteiger partial charge is 0.394 e. The van der Waals surface area contributed by atoms with Crippen molar-refractivity contribution in [1.82, 2.24) is 10.2 Å². The number of fused-ring (bicyclic) bond motifs is 2. The fraction of sp³-hybridized carbons (Fsp3) is 0.552. The number of aliphatic hydroxyl groups excluding tert-OH is 1. The first-order valence-corrected chi connectivity index (χ1v) is 14.2. The summed E-state index contributed by atoms with van der Waals surface area (Å²) in [5.74, 6) is -1.68. The zero-order chi connectivity index (χ0) is 26.5. The van der Waals surface area contributed by atoms with Crippen LogP contribution in [-0.4, -0.2) is 62.5 Å². The molecular weight excluding hydrogens is 486 g/mol. The molecule has 6 atom stereocenters. The fourth-order valence-electron chi connectivity index (χ4n) is 6.88. The Labute approximate surface area is 222 Å². The first-order valence-electron chi connectivity index (χ1n) is 13.4. The van der Waals surface area contributed by atoms with Crippen molar-refractivity contribution in [2.45, 2.75) is 68.5 Å². The van der Waals surface area contributed by atoms with E-state index in [1.165, 1.54) is 0 Å². The van der Waals surface area contributed by atoms with Gasteiger partial charge in [0.1, 0.15) is 6.04 Å². The highest BCUT2D eigenvalue weighted by molar-refractivity contribution is 8.02. The predicted molar refractivity (Wildman–Crippen MR) is 147 cm³/mol. The third-order valence-corrected chi connectivity index (χ3v) is 10.6. The third kappa shape index (κ3) is 4.04. The van der Waals surface area contributed by atoms with E-state index in [4.69, 9.17) is 0 Å². The van der Waals surface area contributed by atoms with E-state index in [0.29, 0.717) is 18.7 Å². The molecule has 3 amide bonds. The Morgan fingerprint density at radius 2 is 1.86 bits per heavy atom. The molecule has 8 heteroatoms. The highest BCUT2D eigenvalue weighted by Crippen LogP contribution is 2.71. The second-order valence-corrected chi connectivity index (χ2v) is 13.2. The number of rotatable bonds is 8. The Bertz CT molecular complexity index is 1230. The highest BCUT2D eigenvalue weighted by atomic mass is 32.2.